The number of esters is 1. The summed E-state index contributed by atoms with van der Waals surface area (Å²) in [5, 5.41) is 17.5. The Hall–Kier alpha value is -1.97. The number of carbonyl (C=O) groups is 2. The van der Waals surface area contributed by atoms with Crippen molar-refractivity contribution in [1.82, 2.24) is 4.72 Å². The summed E-state index contributed by atoms with van der Waals surface area (Å²) in [6, 6.07) is 3.08. The van der Waals surface area contributed by atoms with Gasteiger partial charge in [-0.3, -0.25) is 4.79 Å². The summed E-state index contributed by atoms with van der Waals surface area (Å²) in [6.07, 6.45) is 0. The second-order valence-corrected chi connectivity index (χ2v) is 5.42. The van der Waals surface area contributed by atoms with Gasteiger partial charge in [0.05, 0.1) is 24.2 Å². The van der Waals surface area contributed by atoms with Crippen LogP contribution in [0, 0.1) is 0 Å². The number of carbonyl (C=O) groups excluding carboxylic acids is 1. The molecule has 1 unspecified atom stereocenters. The summed E-state index contributed by atoms with van der Waals surface area (Å²) in [4.78, 5) is 21.6. The second-order valence-electron chi connectivity index (χ2n) is 3.71. The number of sulfonamides is 1. The van der Waals surface area contributed by atoms with Gasteiger partial charge < -0.3 is 14.9 Å². The van der Waals surface area contributed by atoms with Crippen molar-refractivity contribution in [2.75, 3.05) is 13.7 Å². The zero-order valence-electron chi connectivity index (χ0n) is 10.4. The van der Waals surface area contributed by atoms with Crippen LogP contribution < -0.4 is 4.72 Å². The van der Waals surface area contributed by atoms with Crippen molar-refractivity contribution < 1.29 is 33.0 Å². The van der Waals surface area contributed by atoms with Crippen molar-refractivity contribution in [1.29, 1.82) is 0 Å². The van der Waals surface area contributed by atoms with Crippen molar-refractivity contribution in [3.05, 3.63) is 29.8 Å². The highest BCUT2D eigenvalue weighted by Crippen LogP contribution is 2.11. The summed E-state index contributed by atoms with van der Waals surface area (Å²) in [5.41, 5.74) is 0.156. The van der Waals surface area contributed by atoms with Crippen molar-refractivity contribution >= 4 is 22.0 Å². The van der Waals surface area contributed by atoms with Crippen LogP contribution in [0.15, 0.2) is 29.2 Å². The molecule has 9 heteroatoms. The van der Waals surface area contributed by atoms with Gasteiger partial charge in [-0.05, 0) is 24.3 Å². The maximum atomic E-state index is 11.9. The summed E-state index contributed by atoms with van der Waals surface area (Å²) < 4.78 is 30.0. The number of hydrogen-bond acceptors (Lipinski definition) is 6. The monoisotopic (exact) mass is 303 g/mol. The molecule has 0 aliphatic heterocycles. The molecule has 0 bridgehead atoms. The Bertz CT molecular complexity index is 594. The molecule has 110 valence electrons. The molecule has 20 heavy (non-hydrogen) atoms. The van der Waals surface area contributed by atoms with Crippen LogP contribution in [0.25, 0.3) is 0 Å². The van der Waals surface area contributed by atoms with Gasteiger partial charge >= 0.3 is 11.9 Å². The van der Waals surface area contributed by atoms with Crippen LogP contribution in [0.5, 0.6) is 0 Å². The molecule has 0 spiro atoms. The van der Waals surface area contributed by atoms with Crippen LogP contribution in [-0.4, -0.2) is 50.3 Å². The number of aliphatic hydroxyl groups is 1. The number of ether oxygens (including phenoxy) is 1. The molecule has 8 nitrogen and oxygen atoms in total. The van der Waals surface area contributed by atoms with Crippen LogP contribution in [0.4, 0.5) is 0 Å². The van der Waals surface area contributed by atoms with E-state index in [0.29, 0.717) is 0 Å². The predicted octanol–water partition coefficient (Wildman–Crippen LogP) is -0.803. The lowest BCUT2D eigenvalue weighted by Crippen LogP contribution is -2.43. The third kappa shape index (κ3) is 3.76. The summed E-state index contributed by atoms with van der Waals surface area (Å²) >= 11 is 0. The molecule has 1 aromatic rings. The fourth-order valence-electron chi connectivity index (χ4n) is 1.31. The highest BCUT2D eigenvalue weighted by atomic mass is 32.2. The Morgan fingerprint density at radius 3 is 2.25 bits per heavy atom. The van der Waals surface area contributed by atoms with E-state index in [9.17, 15) is 18.0 Å². The molecule has 0 aromatic heterocycles. The summed E-state index contributed by atoms with van der Waals surface area (Å²) in [5.74, 6) is -2.12. The third-order valence-electron chi connectivity index (χ3n) is 2.36. The first-order valence-electron chi connectivity index (χ1n) is 5.36. The van der Waals surface area contributed by atoms with Gasteiger partial charge in [0, 0.05) is 0 Å². The van der Waals surface area contributed by atoms with E-state index in [4.69, 9.17) is 10.2 Å². The molecule has 0 aliphatic carbocycles. The third-order valence-corrected chi connectivity index (χ3v) is 3.85. The van der Waals surface area contributed by atoms with E-state index in [2.05, 4.69) is 4.74 Å². The smallest absolute Gasteiger partial charge is 0.337 e. The molecule has 0 radical (unpaired) electrons. The minimum absolute atomic E-state index is 0.156. The Morgan fingerprint density at radius 2 is 1.85 bits per heavy atom. The number of rotatable bonds is 6. The van der Waals surface area contributed by atoms with Gasteiger partial charge in [0.25, 0.3) is 0 Å². The van der Waals surface area contributed by atoms with Gasteiger partial charge in [0.15, 0.2) is 0 Å². The van der Waals surface area contributed by atoms with Gasteiger partial charge in [-0.2, -0.15) is 4.72 Å². The van der Waals surface area contributed by atoms with Crippen molar-refractivity contribution in [3.63, 3.8) is 0 Å². The topological polar surface area (TPSA) is 130 Å². The van der Waals surface area contributed by atoms with E-state index in [0.717, 1.165) is 12.1 Å². The zero-order chi connectivity index (χ0) is 15.3. The minimum atomic E-state index is -4.11. The number of aliphatic hydroxyl groups excluding tert-OH is 1. The Labute approximate surface area is 115 Å². The first-order chi connectivity index (χ1) is 9.31. The van der Waals surface area contributed by atoms with Gasteiger partial charge in [-0.1, -0.05) is 0 Å². The fourth-order valence-corrected chi connectivity index (χ4v) is 2.49. The minimum Gasteiger partial charge on any atom is -0.480 e. The largest absolute Gasteiger partial charge is 0.480 e. The molecule has 1 atom stereocenters. The molecular formula is C11H13NO7S. The second kappa shape index (κ2) is 6.46. The lowest BCUT2D eigenvalue weighted by atomic mass is 10.2. The van der Waals surface area contributed by atoms with E-state index < -0.39 is 34.6 Å². The van der Waals surface area contributed by atoms with Crippen LogP contribution in [0.1, 0.15) is 10.4 Å². The Balaban J connectivity index is 2.98. The van der Waals surface area contributed by atoms with Crippen LogP contribution in [0.2, 0.25) is 0 Å². The molecule has 0 heterocycles. The molecule has 0 saturated carbocycles. The van der Waals surface area contributed by atoms with E-state index in [1.165, 1.54) is 19.2 Å². The number of carboxylic acid groups (broad SMARTS) is 1. The summed E-state index contributed by atoms with van der Waals surface area (Å²) in [6.45, 7) is -0.880. The number of methoxy groups -OCH3 is 1. The first kappa shape index (κ1) is 16.1. The number of carboxylic acids is 1. The van der Waals surface area contributed by atoms with E-state index in [1.807, 2.05) is 4.72 Å². The highest BCUT2D eigenvalue weighted by molar-refractivity contribution is 7.89. The van der Waals surface area contributed by atoms with E-state index in [1.54, 1.807) is 0 Å². The molecule has 3 N–H and O–H groups in total. The first-order valence-corrected chi connectivity index (χ1v) is 6.84. The number of hydrogen-bond donors (Lipinski definition) is 3. The Kier molecular flexibility index (Phi) is 5.19. The standard InChI is InChI=1S/C11H13NO7S/c1-19-11(16)7-2-4-8(5-3-7)20(17,18)12-9(6-13)10(14)15/h2-5,9,12-13H,6H2,1H3,(H,14,15). The molecule has 0 fully saturated rings. The van der Waals surface area contributed by atoms with Gasteiger partial charge in [-0.15, -0.1) is 0 Å². The van der Waals surface area contributed by atoms with Crippen LogP contribution in [-0.2, 0) is 19.6 Å². The normalized spacial score (nSPS) is 12.7. The molecule has 0 saturated heterocycles. The van der Waals surface area contributed by atoms with Gasteiger partial charge in [0.2, 0.25) is 10.0 Å². The fraction of sp³-hybridized carbons (Fsp3) is 0.273. The SMILES string of the molecule is COC(=O)c1ccc(S(=O)(=O)NC(CO)C(=O)O)cc1. The summed E-state index contributed by atoms with van der Waals surface area (Å²) in [7, 11) is -2.92. The quantitative estimate of drug-likeness (QED) is 0.586. The lowest BCUT2D eigenvalue weighted by molar-refractivity contribution is -0.139. The van der Waals surface area contributed by atoms with Crippen LogP contribution in [0.3, 0.4) is 0 Å². The maximum absolute atomic E-state index is 11.9. The molecule has 0 amide bonds. The number of benzene rings is 1. The average molecular weight is 303 g/mol. The predicted molar refractivity (Wildman–Crippen MR) is 66.6 cm³/mol. The van der Waals surface area contributed by atoms with Gasteiger partial charge in [0.1, 0.15) is 6.04 Å². The van der Waals surface area contributed by atoms with Crippen molar-refractivity contribution in [2.24, 2.45) is 0 Å². The number of aliphatic carboxylic acids is 1. The van der Waals surface area contributed by atoms with Gasteiger partial charge in [-0.25, -0.2) is 13.2 Å². The Morgan fingerprint density at radius 1 is 1.30 bits per heavy atom. The molecule has 1 rings (SSSR count). The molecule has 1 aromatic carbocycles. The van der Waals surface area contributed by atoms with E-state index >= 15 is 0 Å². The maximum Gasteiger partial charge on any atom is 0.337 e. The molecular weight excluding hydrogens is 290 g/mol. The van der Waals surface area contributed by atoms with Crippen molar-refractivity contribution in [2.45, 2.75) is 10.9 Å². The van der Waals surface area contributed by atoms with Crippen molar-refractivity contribution in [3.8, 4) is 0 Å². The van der Waals surface area contributed by atoms with Crippen LogP contribution >= 0.6 is 0 Å². The number of nitrogens with one attached hydrogen (secondary N) is 1. The van der Waals surface area contributed by atoms with E-state index in [-0.39, 0.29) is 10.5 Å². The molecule has 0 aliphatic rings. The zero-order valence-corrected chi connectivity index (χ0v) is 11.3. The highest BCUT2D eigenvalue weighted by Gasteiger charge is 2.24. The lowest BCUT2D eigenvalue weighted by Gasteiger charge is -2.12. The average Bonchev–Trinajstić information content (AvgIpc) is 2.43.